The molecule has 0 aliphatic heterocycles. The average Bonchev–Trinajstić information content (AvgIpc) is 3.19. The molecule has 3 rings (SSSR count). The summed E-state index contributed by atoms with van der Waals surface area (Å²) in [5, 5.41) is 11.4. The first-order valence-electron chi connectivity index (χ1n) is 8.01. The smallest absolute Gasteiger partial charge is 0.337 e. The van der Waals surface area contributed by atoms with Crippen LogP contribution in [0.1, 0.15) is 16.0 Å². The van der Waals surface area contributed by atoms with Gasteiger partial charge in [0, 0.05) is 10.4 Å². The maximum absolute atomic E-state index is 11.7. The first kappa shape index (κ1) is 17.8. The number of benzene rings is 2. The molecule has 1 heterocycles. The molecule has 0 amide bonds. The molecule has 0 aliphatic rings. The van der Waals surface area contributed by atoms with E-state index in [0.717, 1.165) is 5.56 Å². The van der Waals surface area contributed by atoms with Crippen LogP contribution in [0.3, 0.4) is 0 Å². The lowest BCUT2D eigenvalue weighted by Crippen LogP contribution is -2.01. The zero-order valence-corrected chi connectivity index (χ0v) is 15.0. The maximum atomic E-state index is 11.7. The normalized spacial score (nSPS) is 11.2. The number of carbonyl (C=O) groups is 1. The Bertz CT molecular complexity index is 899. The average molecular weight is 366 g/mol. The summed E-state index contributed by atoms with van der Waals surface area (Å²) < 4.78 is 11.4. The molecule has 132 valence electrons. The number of rotatable bonds is 7. The lowest BCUT2D eigenvalue weighted by molar-refractivity contribution is -0.130. The lowest BCUT2D eigenvalue weighted by Gasteiger charge is -2.14. The van der Waals surface area contributed by atoms with E-state index in [9.17, 15) is 9.90 Å². The van der Waals surface area contributed by atoms with Crippen LogP contribution in [0.15, 0.2) is 66.0 Å². The van der Waals surface area contributed by atoms with Crippen molar-refractivity contribution in [3.05, 3.63) is 82.0 Å². The van der Waals surface area contributed by atoms with Crippen molar-refractivity contribution in [2.24, 2.45) is 0 Å². The van der Waals surface area contributed by atoms with Crippen molar-refractivity contribution in [3.8, 4) is 11.5 Å². The summed E-state index contributed by atoms with van der Waals surface area (Å²) in [5.74, 6) is 0.101. The van der Waals surface area contributed by atoms with Crippen molar-refractivity contribution >= 4 is 29.0 Å². The number of carboxylic acid groups (broad SMARTS) is 1. The third-order valence-corrected chi connectivity index (χ3v) is 4.68. The summed E-state index contributed by atoms with van der Waals surface area (Å²) >= 11 is 1.38. The third-order valence-electron chi connectivity index (χ3n) is 3.77. The fourth-order valence-electron chi connectivity index (χ4n) is 2.52. The molecule has 3 aromatic rings. The lowest BCUT2D eigenvalue weighted by atomic mass is 10.1. The van der Waals surface area contributed by atoms with Crippen LogP contribution in [0.25, 0.3) is 11.6 Å². The van der Waals surface area contributed by atoms with Crippen molar-refractivity contribution in [1.29, 1.82) is 0 Å². The van der Waals surface area contributed by atoms with Gasteiger partial charge in [0.2, 0.25) is 0 Å². The van der Waals surface area contributed by atoms with Crippen LogP contribution in [0.2, 0.25) is 0 Å². The van der Waals surface area contributed by atoms with Gasteiger partial charge in [0.1, 0.15) is 6.61 Å². The van der Waals surface area contributed by atoms with Gasteiger partial charge in [-0.2, -0.15) is 0 Å². The van der Waals surface area contributed by atoms with Crippen molar-refractivity contribution in [2.75, 3.05) is 7.11 Å². The second-order valence-electron chi connectivity index (χ2n) is 5.49. The van der Waals surface area contributed by atoms with Crippen LogP contribution in [0.4, 0.5) is 0 Å². The van der Waals surface area contributed by atoms with Gasteiger partial charge in [0.25, 0.3) is 0 Å². The standard InChI is InChI=1S/C21H18O4S/c1-24-18-10-5-9-16(13-17(21(22)23)19-11-6-12-26-19)20(18)25-14-15-7-3-2-4-8-15/h2-13H,14H2,1H3,(H,22,23). The molecule has 1 N–H and O–H groups in total. The molecular formula is C21H18O4S. The number of aliphatic carboxylic acids is 1. The highest BCUT2D eigenvalue weighted by atomic mass is 32.1. The molecule has 2 aromatic carbocycles. The first-order valence-corrected chi connectivity index (χ1v) is 8.89. The van der Waals surface area contributed by atoms with Gasteiger partial charge in [-0.1, -0.05) is 48.5 Å². The summed E-state index contributed by atoms with van der Waals surface area (Å²) in [6.45, 7) is 0.365. The number of carboxylic acids is 1. The van der Waals surface area contributed by atoms with Gasteiger partial charge in [-0.3, -0.25) is 0 Å². The number of methoxy groups -OCH3 is 1. The molecule has 0 bridgehead atoms. The molecule has 0 radical (unpaired) electrons. The highest BCUT2D eigenvalue weighted by Crippen LogP contribution is 2.35. The van der Waals surface area contributed by atoms with Crippen LogP contribution in [-0.2, 0) is 11.4 Å². The molecule has 1 aromatic heterocycles. The minimum absolute atomic E-state index is 0.220. The molecular weight excluding hydrogens is 348 g/mol. The van der Waals surface area contributed by atoms with Crippen molar-refractivity contribution in [1.82, 2.24) is 0 Å². The molecule has 0 saturated carbocycles. The molecule has 0 saturated heterocycles. The van der Waals surface area contributed by atoms with Crippen LogP contribution in [0, 0.1) is 0 Å². The van der Waals surface area contributed by atoms with Crippen molar-refractivity contribution in [3.63, 3.8) is 0 Å². The number of thiophene rings is 1. The summed E-state index contributed by atoms with van der Waals surface area (Å²) in [6, 6.07) is 18.8. The molecule has 0 unspecified atom stereocenters. The number of ether oxygens (including phenoxy) is 2. The number of para-hydroxylation sites is 1. The van der Waals surface area contributed by atoms with Gasteiger partial charge in [-0.25, -0.2) is 4.79 Å². The highest BCUT2D eigenvalue weighted by molar-refractivity contribution is 7.11. The van der Waals surface area contributed by atoms with E-state index in [1.807, 2.05) is 53.9 Å². The van der Waals surface area contributed by atoms with Crippen LogP contribution < -0.4 is 9.47 Å². The van der Waals surface area contributed by atoms with Crippen LogP contribution in [0.5, 0.6) is 11.5 Å². The van der Waals surface area contributed by atoms with Gasteiger partial charge in [0.15, 0.2) is 11.5 Å². The van der Waals surface area contributed by atoms with E-state index in [4.69, 9.17) is 9.47 Å². The minimum atomic E-state index is -0.982. The molecule has 4 nitrogen and oxygen atoms in total. The Labute approximate surface area is 156 Å². The van der Waals surface area contributed by atoms with Gasteiger partial charge in [-0.05, 0) is 29.2 Å². The number of hydrogen-bond donors (Lipinski definition) is 1. The molecule has 5 heteroatoms. The van der Waals surface area contributed by atoms with E-state index in [-0.39, 0.29) is 5.57 Å². The Morgan fingerprint density at radius 2 is 1.88 bits per heavy atom. The largest absolute Gasteiger partial charge is 0.493 e. The fourth-order valence-corrected chi connectivity index (χ4v) is 3.25. The predicted octanol–water partition coefficient (Wildman–Crippen LogP) is 4.96. The van der Waals surface area contributed by atoms with E-state index in [1.54, 1.807) is 25.3 Å². The minimum Gasteiger partial charge on any atom is -0.493 e. The second kappa shape index (κ2) is 8.36. The van der Waals surface area contributed by atoms with Gasteiger partial charge >= 0.3 is 5.97 Å². The van der Waals surface area contributed by atoms with Crippen LogP contribution in [-0.4, -0.2) is 18.2 Å². The zero-order chi connectivity index (χ0) is 18.4. The molecule has 0 spiro atoms. The highest BCUT2D eigenvalue weighted by Gasteiger charge is 2.15. The van der Waals surface area contributed by atoms with E-state index in [1.165, 1.54) is 11.3 Å². The summed E-state index contributed by atoms with van der Waals surface area (Å²) in [7, 11) is 1.57. The Morgan fingerprint density at radius 1 is 1.08 bits per heavy atom. The Balaban J connectivity index is 1.98. The maximum Gasteiger partial charge on any atom is 0.337 e. The quantitative estimate of drug-likeness (QED) is 0.601. The Hall–Kier alpha value is -3.05. The van der Waals surface area contributed by atoms with Crippen LogP contribution >= 0.6 is 11.3 Å². The molecule has 26 heavy (non-hydrogen) atoms. The van der Waals surface area contributed by atoms with E-state index in [2.05, 4.69) is 0 Å². The summed E-state index contributed by atoms with van der Waals surface area (Å²) in [4.78, 5) is 12.4. The van der Waals surface area contributed by atoms with E-state index >= 15 is 0 Å². The predicted molar refractivity (Wildman–Crippen MR) is 104 cm³/mol. The van der Waals surface area contributed by atoms with E-state index in [0.29, 0.717) is 28.5 Å². The fraction of sp³-hybridized carbons (Fsp3) is 0.0952. The summed E-state index contributed by atoms with van der Waals surface area (Å²) in [5.41, 5.74) is 1.90. The Kier molecular flexibility index (Phi) is 5.71. The number of hydrogen-bond acceptors (Lipinski definition) is 4. The first-order chi connectivity index (χ1) is 12.7. The molecule has 0 fully saturated rings. The van der Waals surface area contributed by atoms with Crippen molar-refractivity contribution < 1.29 is 19.4 Å². The Morgan fingerprint density at radius 3 is 2.54 bits per heavy atom. The zero-order valence-electron chi connectivity index (χ0n) is 14.2. The van der Waals surface area contributed by atoms with Crippen molar-refractivity contribution in [2.45, 2.75) is 6.61 Å². The summed E-state index contributed by atoms with van der Waals surface area (Å²) in [6.07, 6.45) is 1.62. The molecule has 0 atom stereocenters. The monoisotopic (exact) mass is 366 g/mol. The topological polar surface area (TPSA) is 55.8 Å². The van der Waals surface area contributed by atoms with Gasteiger partial charge in [-0.15, -0.1) is 11.3 Å². The molecule has 0 aliphatic carbocycles. The van der Waals surface area contributed by atoms with Gasteiger partial charge in [0.05, 0.1) is 12.7 Å². The van der Waals surface area contributed by atoms with E-state index < -0.39 is 5.97 Å². The second-order valence-corrected chi connectivity index (χ2v) is 6.44. The van der Waals surface area contributed by atoms with Gasteiger partial charge < -0.3 is 14.6 Å². The SMILES string of the molecule is COc1cccc(C=C(C(=O)O)c2cccs2)c1OCc1ccccc1. The third kappa shape index (κ3) is 4.13.